The van der Waals surface area contributed by atoms with Gasteiger partial charge in [0.15, 0.2) is 0 Å². The maximum Gasteiger partial charge on any atom is 0.123 e. The fourth-order valence-corrected chi connectivity index (χ4v) is 2.31. The predicted octanol–water partition coefficient (Wildman–Crippen LogP) is 4.66. The number of rotatable bonds is 4. The normalized spacial score (nSPS) is 12.5. The molecular weight excluding hydrogens is 212 g/mol. The van der Waals surface area contributed by atoms with Crippen molar-refractivity contribution in [1.29, 1.82) is 0 Å². The maximum atomic E-state index is 9.08. The Morgan fingerprint density at radius 2 is 1.65 bits per heavy atom. The Labute approximate surface area is 105 Å². The molecule has 2 heteroatoms. The molecule has 0 saturated carbocycles. The lowest BCUT2D eigenvalue weighted by atomic mass is 9.82. The summed E-state index contributed by atoms with van der Waals surface area (Å²) in [5, 5.41) is 9.08. The molecule has 0 bridgehead atoms. The van der Waals surface area contributed by atoms with E-state index in [4.69, 9.17) is 5.26 Å². The number of benzene rings is 1. The zero-order valence-electron chi connectivity index (χ0n) is 11.7. The van der Waals surface area contributed by atoms with Crippen LogP contribution in [0.15, 0.2) is 18.2 Å². The third-order valence-corrected chi connectivity index (χ3v) is 3.22. The van der Waals surface area contributed by atoms with E-state index in [9.17, 15) is 0 Å². The molecule has 0 aliphatic heterocycles. The Kier molecular flexibility index (Phi) is 4.34. The lowest BCUT2D eigenvalue weighted by Gasteiger charge is -2.28. The molecule has 0 spiro atoms. The van der Waals surface area contributed by atoms with Crippen LogP contribution in [-0.4, -0.2) is 5.26 Å². The van der Waals surface area contributed by atoms with Crippen molar-refractivity contribution in [2.45, 2.75) is 59.0 Å². The van der Waals surface area contributed by atoms with E-state index in [1.165, 1.54) is 11.1 Å². The van der Waals surface area contributed by atoms with Crippen LogP contribution >= 0.6 is 0 Å². The van der Waals surface area contributed by atoms with Crippen LogP contribution in [0.25, 0.3) is 0 Å². The van der Waals surface area contributed by atoms with E-state index in [1.54, 1.807) is 0 Å². The zero-order valence-corrected chi connectivity index (χ0v) is 11.7. The summed E-state index contributed by atoms with van der Waals surface area (Å²) in [5.74, 6) is 0.889. The van der Waals surface area contributed by atoms with E-state index in [0.29, 0.717) is 11.8 Å². The molecule has 0 unspecified atom stereocenters. The second kappa shape index (κ2) is 5.19. The average molecular weight is 236 g/mol. The van der Waals surface area contributed by atoms with E-state index >= 15 is 0 Å². The van der Waals surface area contributed by atoms with Crippen LogP contribution in [-0.2, 0) is 10.5 Å². The quantitative estimate of drug-likeness (QED) is 0.608. The van der Waals surface area contributed by atoms with Gasteiger partial charge in [0.1, 0.15) is 5.60 Å². The number of hydrogen-bond donors (Lipinski definition) is 1. The van der Waals surface area contributed by atoms with Gasteiger partial charge in [-0.05, 0) is 42.4 Å². The Morgan fingerprint density at radius 1 is 1.06 bits per heavy atom. The van der Waals surface area contributed by atoms with Gasteiger partial charge in [-0.3, -0.25) is 5.26 Å². The van der Waals surface area contributed by atoms with Crippen molar-refractivity contribution in [3.8, 4) is 0 Å². The highest BCUT2D eigenvalue weighted by Gasteiger charge is 2.27. The van der Waals surface area contributed by atoms with Crippen LogP contribution in [0.1, 0.15) is 70.1 Å². The lowest BCUT2D eigenvalue weighted by Crippen LogP contribution is -2.23. The molecule has 0 radical (unpaired) electrons. The van der Waals surface area contributed by atoms with Gasteiger partial charge in [0.2, 0.25) is 0 Å². The van der Waals surface area contributed by atoms with Crippen molar-refractivity contribution in [3.63, 3.8) is 0 Å². The van der Waals surface area contributed by atoms with E-state index in [2.05, 4.69) is 38.6 Å². The van der Waals surface area contributed by atoms with Gasteiger partial charge in [-0.15, -0.1) is 0 Å². The van der Waals surface area contributed by atoms with Crippen LogP contribution < -0.4 is 0 Å². The molecule has 2 nitrogen and oxygen atoms in total. The highest BCUT2D eigenvalue weighted by atomic mass is 17.1. The Morgan fingerprint density at radius 3 is 2.06 bits per heavy atom. The van der Waals surface area contributed by atoms with Gasteiger partial charge in [0.25, 0.3) is 0 Å². The topological polar surface area (TPSA) is 29.5 Å². The molecule has 17 heavy (non-hydrogen) atoms. The van der Waals surface area contributed by atoms with Gasteiger partial charge in [-0.2, -0.15) is 0 Å². The molecule has 0 heterocycles. The van der Waals surface area contributed by atoms with Gasteiger partial charge in [0, 0.05) is 0 Å². The van der Waals surface area contributed by atoms with E-state index < -0.39 is 5.60 Å². The van der Waals surface area contributed by atoms with Gasteiger partial charge in [-0.1, -0.05) is 45.9 Å². The summed E-state index contributed by atoms with van der Waals surface area (Å²) in [6.07, 6.45) is 0. The first-order valence-corrected chi connectivity index (χ1v) is 6.27. The highest BCUT2D eigenvalue weighted by Crippen LogP contribution is 2.36. The summed E-state index contributed by atoms with van der Waals surface area (Å²) >= 11 is 0. The van der Waals surface area contributed by atoms with Crippen molar-refractivity contribution in [2.24, 2.45) is 0 Å². The summed E-state index contributed by atoms with van der Waals surface area (Å²) in [6.45, 7) is 12.5. The van der Waals surface area contributed by atoms with E-state index in [1.807, 2.05) is 26.0 Å². The Bertz CT molecular complexity index is 379. The highest BCUT2D eigenvalue weighted by molar-refractivity contribution is 5.42. The van der Waals surface area contributed by atoms with Crippen LogP contribution in [0, 0.1) is 0 Å². The minimum Gasteiger partial charge on any atom is -0.251 e. The van der Waals surface area contributed by atoms with E-state index in [-0.39, 0.29) is 0 Å². The van der Waals surface area contributed by atoms with Gasteiger partial charge < -0.3 is 0 Å². The summed E-state index contributed by atoms with van der Waals surface area (Å²) in [4.78, 5) is 4.65. The minimum absolute atomic E-state index is 0.415. The fourth-order valence-electron chi connectivity index (χ4n) is 2.31. The molecule has 0 atom stereocenters. The third-order valence-electron chi connectivity index (χ3n) is 3.22. The summed E-state index contributed by atoms with van der Waals surface area (Å²) < 4.78 is 0. The molecule has 0 aromatic heterocycles. The molecule has 1 N–H and O–H groups in total. The molecule has 0 aliphatic rings. The van der Waals surface area contributed by atoms with Gasteiger partial charge in [-0.25, -0.2) is 4.89 Å². The van der Waals surface area contributed by atoms with Crippen LogP contribution in [0.2, 0.25) is 0 Å². The van der Waals surface area contributed by atoms with Crippen molar-refractivity contribution >= 4 is 0 Å². The molecule has 1 aromatic rings. The minimum atomic E-state index is -0.662. The third kappa shape index (κ3) is 2.88. The van der Waals surface area contributed by atoms with Crippen LogP contribution in [0.4, 0.5) is 0 Å². The van der Waals surface area contributed by atoms with Gasteiger partial charge >= 0.3 is 0 Å². The molecular formula is C15H24O2. The van der Waals surface area contributed by atoms with Crippen molar-refractivity contribution in [2.75, 3.05) is 0 Å². The first-order valence-electron chi connectivity index (χ1n) is 6.27. The fraction of sp³-hybridized carbons (Fsp3) is 0.600. The average Bonchev–Trinajstić information content (AvgIpc) is 2.27. The SMILES string of the molecule is CC(C)c1cccc(C(C)(C)OO)c1C(C)C. The Hall–Kier alpha value is -0.860. The molecule has 0 fully saturated rings. The maximum absolute atomic E-state index is 9.08. The van der Waals surface area contributed by atoms with Crippen molar-refractivity contribution in [3.05, 3.63) is 34.9 Å². The Balaban J connectivity index is 3.46. The molecule has 0 amide bonds. The summed E-state index contributed by atoms with van der Waals surface area (Å²) in [6, 6.07) is 6.24. The second-order valence-electron chi connectivity index (χ2n) is 5.72. The zero-order chi connectivity index (χ0) is 13.2. The molecule has 0 saturated heterocycles. The molecule has 96 valence electrons. The predicted molar refractivity (Wildman–Crippen MR) is 71.4 cm³/mol. The van der Waals surface area contributed by atoms with Crippen molar-refractivity contribution in [1.82, 2.24) is 0 Å². The van der Waals surface area contributed by atoms with Crippen LogP contribution in [0.3, 0.4) is 0 Å². The summed E-state index contributed by atoms with van der Waals surface area (Å²) in [7, 11) is 0. The smallest absolute Gasteiger partial charge is 0.123 e. The lowest BCUT2D eigenvalue weighted by molar-refractivity contribution is -0.318. The largest absolute Gasteiger partial charge is 0.251 e. The standard InChI is InChI=1S/C15H24O2/c1-10(2)12-8-7-9-13(14(12)11(3)4)15(5,6)17-16/h7-11,16H,1-6H3. The summed E-state index contributed by atoms with van der Waals surface area (Å²) in [5.41, 5.74) is 3.04. The molecule has 1 aromatic carbocycles. The van der Waals surface area contributed by atoms with Gasteiger partial charge in [0.05, 0.1) is 0 Å². The molecule has 1 rings (SSSR count). The van der Waals surface area contributed by atoms with Crippen LogP contribution in [0.5, 0.6) is 0 Å². The first kappa shape index (κ1) is 14.2. The monoisotopic (exact) mass is 236 g/mol. The van der Waals surface area contributed by atoms with Crippen molar-refractivity contribution < 1.29 is 10.1 Å². The number of hydrogen-bond acceptors (Lipinski definition) is 2. The molecule has 0 aliphatic carbocycles. The second-order valence-corrected chi connectivity index (χ2v) is 5.72. The van der Waals surface area contributed by atoms with E-state index in [0.717, 1.165) is 5.56 Å². The first-order chi connectivity index (χ1) is 7.81.